The van der Waals surface area contributed by atoms with E-state index in [0.717, 1.165) is 12.8 Å². The van der Waals surface area contributed by atoms with Crippen LogP contribution in [0, 0.1) is 12.3 Å². The zero-order chi connectivity index (χ0) is 8.41. The molecule has 0 bridgehead atoms. The molecule has 0 N–H and O–H groups in total. The average Bonchev–Trinajstić information content (AvgIpc) is 1.82. The summed E-state index contributed by atoms with van der Waals surface area (Å²) in [6.07, 6.45) is 9.57. The predicted molar refractivity (Wildman–Crippen MR) is 44.2 cm³/mol. The summed E-state index contributed by atoms with van der Waals surface area (Å²) in [4.78, 5) is 0. The fourth-order valence-corrected chi connectivity index (χ4v) is 0.265. The van der Waals surface area contributed by atoms with E-state index in [1.54, 1.807) is 0 Å². The minimum absolute atomic E-state index is 0.830. The molecule has 4 heteroatoms. The van der Waals surface area contributed by atoms with Crippen molar-refractivity contribution < 1.29 is 14.7 Å². The van der Waals surface area contributed by atoms with Gasteiger partial charge in [0.2, 0.25) is 0 Å². The molecular formula is C6H9Cl3Ti. The van der Waals surface area contributed by atoms with Crippen LogP contribution in [0.1, 0.15) is 26.2 Å². The molecule has 0 heterocycles. The van der Waals surface area contributed by atoms with Crippen LogP contribution < -0.4 is 0 Å². The molecular weight excluding hydrogens is 226 g/mol. The van der Waals surface area contributed by atoms with Gasteiger partial charge in [-0.2, -0.15) is 0 Å². The van der Waals surface area contributed by atoms with Crippen LogP contribution in [0.15, 0.2) is 0 Å². The van der Waals surface area contributed by atoms with Crippen molar-refractivity contribution >= 4 is 27.9 Å². The molecule has 0 radical (unpaired) electrons. The van der Waals surface area contributed by atoms with Crippen molar-refractivity contribution in [1.29, 1.82) is 0 Å². The number of hydrogen-bond acceptors (Lipinski definition) is 0. The molecule has 0 saturated heterocycles. The first-order valence-electron chi connectivity index (χ1n) is 2.88. The Morgan fingerprint density at radius 1 is 1.40 bits per heavy atom. The molecule has 0 saturated carbocycles. The van der Waals surface area contributed by atoms with Gasteiger partial charge in [-0.15, -0.1) is 0 Å². The third-order valence-electron chi connectivity index (χ3n) is 0.655. The van der Waals surface area contributed by atoms with Gasteiger partial charge in [0.25, 0.3) is 0 Å². The summed E-state index contributed by atoms with van der Waals surface area (Å²) >= 11 is -1.92. The summed E-state index contributed by atoms with van der Waals surface area (Å²) in [5.74, 6) is 2.32. The van der Waals surface area contributed by atoms with Crippen molar-refractivity contribution in [2.75, 3.05) is 0 Å². The Morgan fingerprint density at radius 2 is 1.80 bits per heavy atom. The van der Waals surface area contributed by atoms with E-state index in [9.17, 15) is 0 Å². The van der Waals surface area contributed by atoms with E-state index in [0.29, 0.717) is 0 Å². The van der Waals surface area contributed by atoms with Crippen LogP contribution >= 0.6 is 27.9 Å². The monoisotopic (exact) mass is 234 g/mol. The zero-order valence-corrected chi connectivity index (χ0v) is 9.58. The fourth-order valence-electron chi connectivity index (χ4n) is 0.265. The van der Waals surface area contributed by atoms with E-state index in [1.807, 2.05) is 0 Å². The molecule has 0 unspecified atom stereocenters. The SMILES string of the molecule is [C-]#CCCCC.[Cl][Ti+]([Cl])[Cl]. The van der Waals surface area contributed by atoms with Crippen molar-refractivity contribution in [2.24, 2.45) is 0 Å². The summed E-state index contributed by atoms with van der Waals surface area (Å²) in [5.41, 5.74) is 0. The van der Waals surface area contributed by atoms with Gasteiger partial charge in [-0.05, 0) is 12.8 Å². The van der Waals surface area contributed by atoms with E-state index in [-0.39, 0.29) is 0 Å². The van der Waals surface area contributed by atoms with E-state index < -0.39 is 14.7 Å². The molecule has 0 fully saturated rings. The Balaban J connectivity index is 0. The van der Waals surface area contributed by atoms with Gasteiger partial charge in [-0.3, -0.25) is 0 Å². The molecule has 0 rings (SSSR count). The van der Waals surface area contributed by atoms with E-state index in [1.165, 1.54) is 6.42 Å². The Bertz CT molecular complexity index is 84.7. The Kier molecular flexibility index (Phi) is 17.5. The Morgan fingerprint density at radius 3 is 1.90 bits per heavy atom. The molecule has 0 aromatic heterocycles. The van der Waals surface area contributed by atoms with Crippen LogP contribution in [-0.2, 0) is 14.7 Å². The molecule has 58 valence electrons. The van der Waals surface area contributed by atoms with E-state index in [2.05, 4.69) is 12.8 Å². The van der Waals surface area contributed by atoms with E-state index in [4.69, 9.17) is 34.3 Å². The molecule has 0 aromatic carbocycles. The molecule has 0 amide bonds. The molecule has 0 atom stereocenters. The second-order valence-electron chi connectivity index (χ2n) is 1.49. The number of hydrogen-bond donors (Lipinski definition) is 0. The molecule has 0 aliphatic heterocycles. The summed E-state index contributed by atoms with van der Waals surface area (Å²) in [7, 11) is 14.9. The molecule has 0 aliphatic rings. The maximum atomic E-state index is 6.46. The summed E-state index contributed by atoms with van der Waals surface area (Å²) < 4.78 is 0. The quantitative estimate of drug-likeness (QED) is 0.295. The van der Waals surface area contributed by atoms with Gasteiger partial charge in [0.15, 0.2) is 0 Å². The zero-order valence-electron chi connectivity index (χ0n) is 5.76. The van der Waals surface area contributed by atoms with Gasteiger partial charge >= 0.3 is 42.6 Å². The predicted octanol–water partition coefficient (Wildman–Crippen LogP) is 3.83. The minimum atomic E-state index is -1.92. The standard InChI is InChI=1S/C6H9.3ClH.Ti/c1-3-5-6-4-2;;;;/h3,5-6H2,1H3;3*1H;/q-1;;;;+4/p-3. The first kappa shape index (κ1) is 13.7. The number of halogens is 3. The Labute approximate surface area is 80.7 Å². The normalized spacial score (nSPS) is 7.10. The van der Waals surface area contributed by atoms with Gasteiger partial charge in [-0.1, -0.05) is 13.3 Å². The number of rotatable bonds is 2. The molecule has 0 aliphatic carbocycles. The van der Waals surface area contributed by atoms with Crippen molar-refractivity contribution in [3.05, 3.63) is 6.42 Å². The van der Waals surface area contributed by atoms with Gasteiger partial charge in [0.05, 0.1) is 0 Å². The van der Waals surface area contributed by atoms with Crippen LogP contribution in [0.25, 0.3) is 0 Å². The second-order valence-corrected chi connectivity index (χ2v) is 9.23. The van der Waals surface area contributed by atoms with Gasteiger partial charge in [0, 0.05) is 0 Å². The molecule has 0 spiro atoms. The third kappa shape index (κ3) is 35.3. The first-order chi connectivity index (χ1) is 4.65. The Hall–Kier alpha value is 1.14. The van der Waals surface area contributed by atoms with Gasteiger partial charge < -0.3 is 12.3 Å². The maximum absolute atomic E-state index is 6.46. The van der Waals surface area contributed by atoms with Crippen LogP contribution in [0.3, 0.4) is 0 Å². The summed E-state index contributed by atoms with van der Waals surface area (Å²) in [6.45, 7) is 2.11. The second kappa shape index (κ2) is 12.8. The molecule has 0 aromatic rings. The van der Waals surface area contributed by atoms with Gasteiger partial charge in [-0.25, -0.2) is 0 Å². The van der Waals surface area contributed by atoms with Crippen LogP contribution in [-0.4, -0.2) is 0 Å². The van der Waals surface area contributed by atoms with Crippen molar-refractivity contribution in [2.45, 2.75) is 26.2 Å². The van der Waals surface area contributed by atoms with Gasteiger partial charge in [0.1, 0.15) is 0 Å². The summed E-state index contributed by atoms with van der Waals surface area (Å²) in [5, 5.41) is 0. The summed E-state index contributed by atoms with van der Waals surface area (Å²) in [6, 6.07) is 0. The number of unbranched alkanes of at least 4 members (excludes halogenated alkanes) is 2. The average molecular weight is 235 g/mol. The van der Waals surface area contributed by atoms with Crippen molar-refractivity contribution in [3.8, 4) is 5.92 Å². The first-order valence-corrected chi connectivity index (χ1v) is 9.32. The molecule has 10 heavy (non-hydrogen) atoms. The van der Waals surface area contributed by atoms with Crippen LogP contribution in [0.2, 0.25) is 0 Å². The van der Waals surface area contributed by atoms with Crippen LogP contribution in [0.4, 0.5) is 0 Å². The van der Waals surface area contributed by atoms with Crippen molar-refractivity contribution in [3.63, 3.8) is 0 Å². The molecule has 0 nitrogen and oxygen atoms in total. The van der Waals surface area contributed by atoms with Crippen molar-refractivity contribution in [1.82, 2.24) is 0 Å². The van der Waals surface area contributed by atoms with Crippen LogP contribution in [0.5, 0.6) is 0 Å². The fraction of sp³-hybridized carbons (Fsp3) is 0.667. The van der Waals surface area contributed by atoms with E-state index >= 15 is 0 Å². The third-order valence-corrected chi connectivity index (χ3v) is 0.655. The topological polar surface area (TPSA) is 0 Å².